The quantitative estimate of drug-likeness (QED) is 0.871. The Labute approximate surface area is 104 Å². The molecule has 0 saturated carbocycles. The number of ether oxygens (including phenoxy) is 1. The van der Waals surface area contributed by atoms with E-state index in [4.69, 9.17) is 10.5 Å². The lowest BCUT2D eigenvalue weighted by Gasteiger charge is -2.27. The van der Waals surface area contributed by atoms with Crippen molar-refractivity contribution in [1.29, 1.82) is 0 Å². The third-order valence-corrected chi connectivity index (χ3v) is 3.32. The first-order chi connectivity index (χ1) is 8.15. The minimum Gasteiger partial charge on any atom is -0.373 e. The summed E-state index contributed by atoms with van der Waals surface area (Å²) in [6, 6.07) is 9.13. The van der Waals surface area contributed by atoms with Gasteiger partial charge in [0.15, 0.2) is 0 Å². The smallest absolute Gasteiger partial charge is 0.0839 e. The van der Waals surface area contributed by atoms with Crippen molar-refractivity contribution in [2.75, 3.05) is 6.61 Å². The van der Waals surface area contributed by atoms with Crippen molar-refractivity contribution in [1.82, 2.24) is 0 Å². The molecule has 2 heteroatoms. The van der Waals surface area contributed by atoms with E-state index in [0.29, 0.717) is 12.0 Å². The van der Waals surface area contributed by atoms with Crippen molar-refractivity contribution in [3.8, 4) is 0 Å². The number of hydrogen-bond donors (Lipinski definition) is 1. The van der Waals surface area contributed by atoms with Crippen LogP contribution in [0.5, 0.6) is 0 Å². The molecule has 1 aliphatic heterocycles. The van der Waals surface area contributed by atoms with Crippen LogP contribution >= 0.6 is 0 Å². The molecule has 1 aliphatic rings. The van der Waals surface area contributed by atoms with E-state index in [9.17, 15) is 0 Å². The van der Waals surface area contributed by atoms with Crippen LogP contribution in [0.3, 0.4) is 0 Å². The maximum atomic E-state index is 5.98. The van der Waals surface area contributed by atoms with Gasteiger partial charge in [-0.25, -0.2) is 0 Å². The summed E-state index contributed by atoms with van der Waals surface area (Å²) in [6.45, 7) is 5.29. The summed E-state index contributed by atoms with van der Waals surface area (Å²) in [5.41, 5.74) is 8.66. The zero-order valence-electron chi connectivity index (χ0n) is 10.9. The Kier molecular flexibility index (Phi) is 4.19. The lowest BCUT2D eigenvalue weighted by molar-refractivity contribution is 0.00667. The number of hydrogen-bond acceptors (Lipinski definition) is 2. The molecule has 2 unspecified atom stereocenters. The van der Waals surface area contributed by atoms with Gasteiger partial charge in [-0.1, -0.05) is 38.1 Å². The maximum Gasteiger partial charge on any atom is 0.0839 e. The van der Waals surface area contributed by atoms with Gasteiger partial charge >= 0.3 is 0 Å². The highest BCUT2D eigenvalue weighted by molar-refractivity contribution is 5.25. The summed E-state index contributed by atoms with van der Waals surface area (Å²) in [7, 11) is 0. The van der Waals surface area contributed by atoms with Crippen LogP contribution in [0.4, 0.5) is 0 Å². The van der Waals surface area contributed by atoms with Gasteiger partial charge in [0, 0.05) is 12.6 Å². The third kappa shape index (κ3) is 3.55. The standard InChI is InChI=1S/C15H23NO/c1-11(2)9-12-3-5-13(6-4-12)15-10-14(16)7-8-17-15/h3-6,11,14-15H,7-10,16H2,1-2H3. The van der Waals surface area contributed by atoms with E-state index in [-0.39, 0.29) is 6.10 Å². The summed E-state index contributed by atoms with van der Waals surface area (Å²) in [5, 5.41) is 0. The minimum absolute atomic E-state index is 0.201. The molecule has 0 aliphatic carbocycles. The van der Waals surface area contributed by atoms with Crippen molar-refractivity contribution in [3.05, 3.63) is 35.4 Å². The highest BCUT2D eigenvalue weighted by Gasteiger charge is 2.21. The van der Waals surface area contributed by atoms with Gasteiger partial charge in [0.2, 0.25) is 0 Å². The molecule has 1 saturated heterocycles. The molecule has 94 valence electrons. The Morgan fingerprint density at radius 3 is 2.59 bits per heavy atom. The normalized spacial score (nSPS) is 25.2. The van der Waals surface area contributed by atoms with Gasteiger partial charge in [-0.15, -0.1) is 0 Å². The molecule has 1 aromatic rings. The fraction of sp³-hybridized carbons (Fsp3) is 0.600. The van der Waals surface area contributed by atoms with Crippen molar-refractivity contribution in [3.63, 3.8) is 0 Å². The molecule has 0 amide bonds. The zero-order chi connectivity index (χ0) is 12.3. The largest absolute Gasteiger partial charge is 0.373 e. The second kappa shape index (κ2) is 5.65. The Hall–Kier alpha value is -0.860. The van der Waals surface area contributed by atoms with Crippen LogP contribution in [0.1, 0.15) is 43.9 Å². The second-order valence-corrected chi connectivity index (χ2v) is 5.48. The molecule has 0 aromatic heterocycles. The van der Waals surface area contributed by atoms with Crippen molar-refractivity contribution >= 4 is 0 Å². The maximum absolute atomic E-state index is 5.98. The van der Waals surface area contributed by atoms with E-state index < -0.39 is 0 Å². The minimum atomic E-state index is 0.201. The molecule has 2 atom stereocenters. The zero-order valence-corrected chi connectivity index (χ0v) is 10.9. The van der Waals surface area contributed by atoms with Gasteiger partial charge < -0.3 is 10.5 Å². The fourth-order valence-corrected chi connectivity index (χ4v) is 2.39. The number of nitrogens with two attached hydrogens (primary N) is 1. The SMILES string of the molecule is CC(C)Cc1ccc(C2CC(N)CCO2)cc1. The molecule has 1 heterocycles. The number of benzene rings is 1. The molecule has 0 radical (unpaired) electrons. The molecular weight excluding hydrogens is 210 g/mol. The van der Waals surface area contributed by atoms with Crippen LogP contribution in [0, 0.1) is 5.92 Å². The lowest BCUT2D eigenvalue weighted by atomic mass is 9.96. The predicted molar refractivity (Wildman–Crippen MR) is 70.9 cm³/mol. The summed E-state index contributed by atoms with van der Waals surface area (Å²) in [4.78, 5) is 0. The van der Waals surface area contributed by atoms with E-state index in [1.54, 1.807) is 0 Å². The Morgan fingerprint density at radius 1 is 1.29 bits per heavy atom. The average Bonchev–Trinajstić information content (AvgIpc) is 2.29. The molecule has 2 rings (SSSR count). The van der Waals surface area contributed by atoms with Gasteiger partial charge in [0.1, 0.15) is 0 Å². The van der Waals surface area contributed by atoms with Gasteiger partial charge in [-0.05, 0) is 36.3 Å². The summed E-state index contributed by atoms with van der Waals surface area (Å²) < 4.78 is 5.78. The second-order valence-electron chi connectivity index (χ2n) is 5.48. The number of rotatable bonds is 3. The fourth-order valence-electron chi connectivity index (χ4n) is 2.39. The molecule has 1 aromatic carbocycles. The Balaban J connectivity index is 2.01. The first-order valence-electron chi connectivity index (χ1n) is 6.61. The van der Waals surface area contributed by atoms with E-state index in [1.807, 2.05) is 0 Å². The van der Waals surface area contributed by atoms with Crippen LogP contribution in [-0.4, -0.2) is 12.6 Å². The van der Waals surface area contributed by atoms with Gasteiger partial charge in [0.05, 0.1) is 6.10 Å². The molecule has 1 fully saturated rings. The van der Waals surface area contributed by atoms with Crippen molar-refractivity contribution in [2.45, 2.75) is 45.3 Å². The highest BCUT2D eigenvalue weighted by atomic mass is 16.5. The van der Waals surface area contributed by atoms with Crippen LogP contribution < -0.4 is 5.73 Å². The van der Waals surface area contributed by atoms with E-state index >= 15 is 0 Å². The summed E-state index contributed by atoms with van der Waals surface area (Å²) >= 11 is 0. The van der Waals surface area contributed by atoms with E-state index in [2.05, 4.69) is 38.1 Å². The van der Waals surface area contributed by atoms with E-state index in [0.717, 1.165) is 25.9 Å². The molecule has 17 heavy (non-hydrogen) atoms. The van der Waals surface area contributed by atoms with Gasteiger partial charge in [-0.2, -0.15) is 0 Å². The average molecular weight is 233 g/mol. The molecule has 2 N–H and O–H groups in total. The Morgan fingerprint density at radius 2 is 2.00 bits per heavy atom. The monoisotopic (exact) mass is 233 g/mol. The van der Waals surface area contributed by atoms with Crippen LogP contribution in [0.2, 0.25) is 0 Å². The predicted octanol–water partition coefficient (Wildman–Crippen LogP) is 3.06. The first kappa shape index (κ1) is 12.6. The lowest BCUT2D eigenvalue weighted by Crippen LogP contribution is -2.30. The summed E-state index contributed by atoms with van der Waals surface area (Å²) in [5.74, 6) is 0.709. The molecular formula is C15H23NO. The molecule has 0 bridgehead atoms. The van der Waals surface area contributed by atoms with Gasteiger partial charge in [-0.3, -0.25) is 0 Å². The van der Waals surface area contributed by atoms with Crippen molar-refractivity contribution in [2.24, 2.45) is 11.7 Å². The molecule has 0 spiro atoms. The molecule has 2 nitrogen and oxygen atoms in total. The van der Waals surface area contributed by atoms with Crippen molar-refractivity contribution < 1.29 is 4.74 Å². The van der Waals surface area contributed by atoms with E-state index in [1.165, 1.54) is 11.1 Å². The summed E-state index contributed by atoms with van der Waals surface area (Å²) in [6.07, 6.45) is 3.28. The Bertz CT molecular complexity index is 344. The first-order valence-corrected chi connectivity index (χ1v) is 6.61. The van der Waals surface area contributed by atoms with Crippen LogP contribution in [0.15, 0.2) is 24.3 Å². The third-order valence-electron chi connectivity index (χ3n) is 3.32. The highest BCUT2D eigenvalue weighted by Crippen LogP contribution is 2.27. The topological polar surface area (TPSA) is 35.2 Å². The van der Waals surface area contributed by atoms with Crippen LogP contribution in [-0.2, 0) is 11.2 Å². The van der Waals surface area contributed by atoms with Gasteiger partial charge in [0.25, 0.3) is 0 Å². The van der Waals surface area contributed by atoms with Crippen LogP contribution in [0.25, 0.3) is 0 Å².